The second-order valence-corrected chi connectivity index (χ2v) is 5.41. The van der Waals surface area contributed by atoms with Crippen molar-refractivity contribution in [3.8, 4) is 0 Å². The van der Waals surface area contributed by atoms with E-state index in [0.717, 1.165) is 38.5 Å². The Bertz CT molecular complexity index is 458. The lowest BCUT2D eigenvalue weighted by atomic mass is 10.1. The van der Waals surface area contributed by atoms with E-state index in [0.29, 0.717) is 23.0 Å². The van der Waals surface area contributed by atoms with Crippen LogP contribution in [0, 0.1) is 0 Å². The van der Waals surface area contributed by atoms with E-state index in [2.05, 4.69) is 17.2 Å². The molecule has 1 aliphatic heterocycles. The molecule has 21 heavy (non-hydrogen) atoms. The van der Waals surface area contributed by atoms with Gasteiger partial charge in [-0.2, -0.15) is 0 Å². The number of hydrogen-bond acceptors (Lipinski definition) is 4. The summed E-state index contributed by atoms with van der Waals surface area (Å²) in [5.74, 6) is -0.471. The van der Waals surface area contributed by atoms with Crippen LogP contribution in [0.1, 0.15) is 45.4 Å². The van der Waals surface area contributed by atoms with Crippen LogP contribution >= 0.6 is 12.2 Å². The molecule has 116 valence electrons. The van der Waals surface area contributed by atoms with Crippen molar-refractivity contribution in [2.75, 3.05) is 6.61 Å². The zero-order chi connectivity index (χ0) is 15.7. The number of esters is 1. The van der Waals surface area contributed by atoms with Crippen molar-refractivity contribution in [2.24, 2.45) is 0 Å². The fourth-order valence-electron chi connectivity index (χ4n) is 1.84. The standard InChI is InChI=1S/C15H22N2O3S/c1-11(2)14(19)20-10-8-6-4-3-5-7-9-12-13(18)17-15(21)16-12/h9H,1,3-8,10H2,2H3,(H2,16,17,18,21). The Labute approximate surface area is 130 Å². The summed E-state index contributed by atoms with van der Waals surface area (Å²) in [6, 6.07) is 0. The summed E-state index contributed by atoms with van der Waals surface area (Å²) in [5, 5.41) is 5.71. The third-order valence-electron chi connectivity index (χ3n) is 3.00. The minimum absolute atomic E-state index is 0.153. The number of unbranched alkanes of at least 4 members (excludes halogenated alkanes) is 5. The summed E-state index contributed by atoms with van der Waals surface area (Å²) < 4.78 is 5.01. The fraction of sp³-hybridized carbons (Fsp3) is 0.533. The molecule has 1 heterocycles. The average molecular weight is 310 g/mol. The Morgan fingerprint density at radius 2 is 1.90 bits per heavy atom. The van der Waals surface area contributed by atoms with Gasteiger partial charge in [0, 0.05) is 5.57 Å². The normalized spacial score (nSPS) is 15.8. The topological polar surface area (TPSA) is 67.4 Å². The first kappa shape index (κ1) is 17.4. The molecule has 1 fully saturated rings. The molecule has 0 bridgehead atoms. The Hall–Kier alpha value is -1.69. The van der Waals surface area contributed by atoms with E-state index in [1.807, 2.05) is 6.08 Å². The van der Waals surface area contributed by atoms with E-state index in [1.165, 1.54) is 0 Å². The van der Waals surface area contributed by atoms with Crippen molar-refractivity contribution in [3.63, 3.8) is 0 Å². The molecule has 6 heteroatoms. The fourth-order valence-corrected chi connectivity index (χ4v) is 2.04. The van der Waals surface area contributed by atoms with Crippen molar-refractivity contribution in [2.45, 2.75) is 45.4 Å². The summed E-state index contributed by atoms with van der Waals surface area (Å²) >= 11 is 4.84. The summed E-state index contributed by atoms with van der Waals surface area (Å²) in [5.41, 5.74) is 0.985. The molecule has 1 rings (SSSR count). The van der Waals surface area contributed by atoms with Gasteiger partial charge < -0.3 is 10.1 Å². The number of hydrogen-bond donors (Lipinski definition) is 2. The highest BCUT2D eigenvalue weighted by Crippen LogP contribution is 2.08. The maximum Gasteiger partial charge on any atom is 0.333 e. The summed E-state index contributed by atoms with van der Waals surface area (Å²) in [7, 11) is 0. The summed E-state index contributed by atoms with van der Waals surface area (Å²) in [4.78, 5) is 22.5. The van der Waals surface area contributed by atoms with Gasteiger partial charge in [-0.3, -0.25) is 10.1 Å². The largest absolute Gasteiger partial charge is 0.462 e. The van der Waals surface area contributed by atoms with Crippen LogP contribution in [-0.2, 0) is 14.3 Å². The van der Waals surface area contributed by atoms with Gasteiger partial charge in [-0.25, -0.2) is 4.79 Å². The van der Waals surface area contributed by atoms with E-state index in [9.17, 15) is 9.59 Å². The molecule has 1 amide bonds. The lowest BCUT2D eigenvalue weighted by Crippen LogP contribution is -2.21. The highest BCUT2D eigenvalue weighted by molar-refractivity contribution is 7.80. The van der Waals surface area contributed by atoms with E-state index in [4.69, 9.17) is 17.0 Å². The van der Waals surface area contributed by atoms with Crippen LogP contribution in [0.15, 0.2) is 23.9 Å². The Morgan fingerprint density at radius 1 is 1.24 bits per heavy atom. The molecule has 1 saturated heterocycles. The van der Waals surface area contributed by atoms with Crippen LogP contribution in [0.2, 0.25) is 0 Å². The summed E-state index contributed by atoms with van der Waals surface area (Å²) in [6.45, 7) is 5.62. The zero-order valence-electron chi connectivity index (χ0n) is 12.4. The Morgan fingerprint density at radius 3 is 2.52 bits per heavy atom. The lowest BCUT2D eigenvalue weighted by Gasteiger charge is -2.04. The number of allylic oxidation sites excluding steroid dienone is 1. The van der Waals surface area contributed by atoms with E-state index >= 15 is 0 Å². The molecule has 0 aromatic heterocycles. The predicted molar refractivity (Wildman–Crippen MR) is 85.4 cm³/mol. The van der Waals surface area contributed by atoms with Gasteiger partial charge in [0.2, 0.25) is 0 Å². The van der Waals surface area contributed by atoms with Crippen molar-refractivity contribution < 1.29 is 14.3 Å². The molecule has 0 aromatic rings. The summed E-state index contributed by atoms with van der Waals surface area (Å²) in [6.07, 6.45) is 7.83. The highest BCUT2D eigenvalue weighted by atomic mass is 32.1. The molecule has 0 spiro atoms. The van der Waals surface area contributed by atoms with Crippen molar-refractivity contribution in [1.29, 1.82) is 0 Å². The van der Waals surface area contributed by atoms with Crippen LogP contribution in [0.5, 0.6) is 0 Å². The molecule has 0 aromatic carbocycles. The SMILES string of the molecule is C=C(C)C(=O)OCCCCCCCC=C1NC(=S)NC1=O. The maximum absolute atomic E-state index is 11.3. The number of thiocarbonyl (C=S) groups is 1. The third-order valence-corrected chi connectivity index (χ3v) is 3.20. The molecular weight excluding hydrogens is 288 g/mol. The smallest absolute Gasteiger partial charge is 0.333 e. The monoisotopic (exact) mass is 310 g/mol. The molecule has 5 nitrogen and oxygen atoms in total. The van der Waals surface area contributed by atoms with E-state index in [-0.39, 0.29) is 11.9 Å². The van der Waals surface area contributed by atoms with Gasteiger partial charge in [0.05, 0.1) is 6.61 Å². The number of rotatable bonds is 9. The van der Waals surface area contributed by atoms with Gasteiger partial charge in [-0.05, 0) is 38.4 Å². The van der Waals surface area contributed by atoms with Gasteiger partial charge in [0.15, 0.2) is 5.11 Å². The van der Waals surface area contributed by atoms with Gasteiger partial charge in [-0.1, -0.05) is 31.9 Å². The van der Waals surface area contributed by atoms with Crippen molar-refractivity contribution in [1.82, 2.24) is 10.6 Å². The maximum atomic E-state index is 11.3. The van der Waals surface area contributed by atoms with Gasteiger partial charge in [-0.15, -0.1) is 0 Å². The molecule has 0 atom stereocenters. The van der Waals surface area contributed by atoms with Crippen molar-refractivity contribution in [3.05, 3.63) is 23.9 Å². The second-order valence-electron chi connectivity index (χ2n) is 5.00. The third kappa shape index (κ3) is 7.04. The van der Waals surface area contributed by atoms with Gasteiger partial charge >= 0.3 is 5.97 Å². The zero-order valence-corrected chi connectivity index (χ0v) is 13.2. The number of carbonyl (C=O) groups is 2. The molecule has 0 saturated carbocycles. The first-order valence-corrected chi connectivity index (χ1v) is 7.56. The van der Waals surface area contributed by atoms with E-state index in [1.54, 1.807) is 6.92 Å². The molecule has 1 aliphatic rings. The Kier molecular flexibility index (Phi) is 7.68. The van der Waals surface area contributed by atoms with Crippen LogP contribution in [-0.4, -0.2) is 23.6 Å². The minimum atomic E-state index is -0.318. The quantitative estimate of drug-likeness (QED) is 0.296. The van der Waals surface area contributed by atoms with Crippen LogP contribution in [0.3, 0.4) is 0 Å². The highest BCUT2D eigenvalue weighted by Gasteiger charge is 2.18. The predicted octanol–water partition coefficient (Wildman–Crippen LogP) is 2.33. The van der Waals surface area contributed by atoms with Crippen LogP contribution in [0.25, 0.3) is 0 Å². The second kappa shape index (κ2) is 9.28. The van der Waals surface area contributed by atoms with Crippen molar-refractivity contribution >= 4 is 29.2 Å². The number of amides is 1. The lowest BCUT2D eigenvalue weighted by molar-refractivity contribution is -0.139. The Balaban J connectivity index is 1.97. The first-order chi connectivity index (χ1) is 10.0. The first-order valence-electron chi connectivity index (χ1n) is 7.16. The minimum Gasteiger partial charge on any atom is -0.462 e. The van der Waals surface area contributed by atoms with Crippen LogP contribution < -0.4 is 10.6 Å². The number of ether oxygens (including phenoxy) is 1. The number of nitrogens with one attached hydrogen (secondary N) is 2. The molecule has 0 radical (unpaired) electrons. The molecule has 0 aliphatic carbocycles. The molecule has 0 unspecified atom stereocenters. The number of carbonyl (C=O) groups excluding carboxylic acids is 2. The average Bonchev–Trinajstić information content (AvgIpc) is 2.74. The van der Waals surface area contributed by atoms with Gasteiger partial charge in [0.25, 0.3) is 5.91 Å². The van der Waals surface area contributed by atoms with Crippen LogP contribution in [0.4, 0.5) is 0 Å². The molecule has 2 N–H and O–H groups in total. The molecular formula is C15H22N2O3S. The van der Waals surface area contributed by atoms with Gasteiger partial charge in [0.1, 0.15) is 5.70 Å². The van der Waals surface area contributed by atoms with E-state index < -0.39 is 0 Å².